The monoisotopic (exact) mass is 261 g/mol. The highest BCUT2D eigenvalue weighted by Crippen LogP contribution is 2.23. The third-order valence-electron chi connectivity index (χ3n) is 3.20. The van der Waals surface area contributed by atoms with E-state index in [4.69, 9.17) is 5.73 Å². The molecule has 0 amide bonds. The molecule has 102 valence electrons. The molecule has 1 heterocycles. The topological polar surface area (TPSA) is 43.8 Å². The molecule has 0 radical (unpaired) electrons. The molecule has 0 fully saturated rings. The molecule has 0 spiro atoms. The van der Waals surface area contributed by atoms with Crippen LogP contribution in [0.2, 0.25) is 0 Å². The highest BCUT2D eigenvalue weighted by Gasteiger charge is 2.08. The first-order valence-electron chi connectivity index (χ1n) is 6.76. The molecule has 0 saturated carbocycles. The van der Waals surface area contributed by atoms with E-state index >= 15 is 0 Å². The van der Waals surface area contributed by atoms with Crippen LogP contribution < -0.4 is 5.73 Å². The second kappa shape index (κ2) is 6.48. The minimum absolute atomic E-state index is 0.240. The first kappa shape index (κ1) is 13.7. The zero-order valence-corrected chi connectivity index (χ0v) is 11.3. The van der Waals surface area contributed by atoms with Crippen molar-refractivity contribution in [2.24, 2.45) is 5.73 Å². The number of rotatable bonds is 6. The van der Waals surface area contributed by atoms with Gasteiger partial charge in [0.05, 0.1) is 6.20 Å². The molecule has 0 unspecified atom stereocenters. The summed E-state index contributed by atoms with van der Waals surface area (Å²) in [6.45, 7) is 3.41. The van der Waals surface area contributed by atoms with Crippen molar-refractivity contribution < 1.29 is 4.39 Å². The number of unbranched alkanes of at least 4 members (excludes halogenated alkanes) is 2. The maximum atomic E-state index is 13.9. The maximum Gasteiger partial charge on any atom is 0.131 e. The molecule has 3 nitrogen and oxygen atoms in total. The van der Waals surface area contributed by atoms with Gasteiger partial charge in [-0.05, 0) is 18.1 Å². The number of hydrogen-bond acceptors (Lipinski definition) is 2. The summed E-state index contributed by atoms with van der Waals surface area (Å²) in [6.07, 6.45) is 7.09. The van der Waals surface area contributed by atoms with Gasteiger partial charge in [0.1, 0.15) is 5.82 Å². The Morgan fingerprint density at radius 3 is 2.84 bits per heavy atom. The second-order valence-electron chi connectivity index (χ2n) is 4.72. The van der Waals surface area contributed by atoms with Crippen molar-refractivity contribution in [3.8, 4) is 11.1 Å². The molecule has 0 aliphatic carbocycles. The number of benzene rings is 1. The Hall–Kier alpha value is -1.68. The normalized spacial score (nSPS) is 10.9. The Kier molecular flexibility index (Phi) is 4.68. The van der Waals surface area contributed by atoms with Crippen LogP contribution in [0.4, 0.5) is 4.39 Å². The molecule has 0 saturated heterocycles. The fourth-order valence-corrected chi connectivity index (χ4v) is 2.07. The third kappa shape index (κ3) is 3.41. The second-order valence-corrected chi connectivity index (χ2v) is 4.72. The van der Waals surface area contributed by atoms with Crippen LogP contribution in [-0.4, -0.2) is 9.78 Å². The Morgan fingerprint density at radius 1 is 1.32 bits per heavy atom. The summed E-state index contributed by atoms with van der Waals surface area (Å²) in [4.78, 5) is 0. The van der Waals surface area contributed by atoms with Crippen molar-refractivity contribution in [2.75, 3.05) is 0 Å². The van der Waals surface area contributed by atoms with Gasteiger partial charge in [-0.15, -0.1) is 0 Å². The van der Waals surface area contributed by atoms with E-state index in [2.05, 4.69) is 12.0 Å². The van der Waals surface area contributed by atoms with Crippen LogP contribution in [0.5, 0.6) is 0 Å². The van der Waals surface area contributed by atoms with Gasteiger partial charge in [-0.25, -0.2) is 4.39 Å². The van der Waals surface area contributed by atoms with E-state index in [-0.39, 0.29) is 5.82 Å². The lowest BCUT2D eigenvalue weighted by Crippen LogP contribution is -1.98. The summed E-state index contributed by atoms with van der Waals surface area (Å²) in [5.74, 6) is -0.240. The van der Waals surface area contributed by atoms with E-state index in [0.29, 0.717) is 12.1 Å². The molecule has 2 aromatic rings. The molecule has 19 heavy (non-hydrogen) atoms. The molecule has 4 heteroatoms. The van der Waals surface area contributed by atoms with Gasteiger partial charge >= 0.3 is 0 Å². The van der Waals surface area contributed by atoms with Crippen LogP contribution in [0, 0.1) is 5.82 Å². The van der Waals surface area contributed by atoms with E-state index in [1.807, 2.05) is 16.9 Å². The highest BCUT2D eigenvalue weighted by molar-refractivity contribution is 5.62. The summed E-state index contributed by atoms with van der Waals surface area (Å²) in [7, 11) is 0. The molecule has 1 aromatic carbocycles. The lowest BCUT2D eigenvalue weighted by atomic mass is 10.1. The quantitative estimate of drug-likeness (QED) is 0.810. The van der Waals surface area contributed by atoms with Crippen molar-refractivity contribution in [1.29, 1.82) is 0 Å². The third-order valence-corrected chi connectivity index (χ3v) is 3.20. The average Bonchev–Trinajstić information content (AvgIpc) is 2.87. The lowest BCUT2D eigenvalue weighted by Gasteiger charge is -2.03. The molecule has 1 aromatic heterocycles. The van der Waals surface area contributed by atoms with Crippen LogP contribution >= 0.6 is 0 Å². The van der Waals surface area contributed by atoms with Crippen molar-refractivity contribution in [1.82, 2.24) is 9.78 Å². The maximum absolute atomic E-state index is 13.9. The number of aromatic nitrogens is 2. The van der Waals surface area contributed by atoms with Crippen LogP contribution in [0.25, 0.3) is 11.1 Å². The van der Waals surface area contributed by atoms with Crippen molar-refractivity contribution in [2.45, 2.75) is 39.3 Å². The number of halogens is 1. The largest absolute Gasteiger partial charge is 0.326 e. The summed E-state index contributed by atoms with van der Waals surface area (Å²) >= 11 is 0. The van der Waals surface area contributed by atoms with Crippen LogP contribution in [0.15, 0.2) is 30.6 Å². The van der Waals surface area contributed by atoms with Gasteiger partial charge in [-0.2, -0.15) is 5.10 Å². The smallest absolute Gasteiger partial charge is 0.131 e. The van der Waals surface area contributed by atoms with Crippen molar-refractivity contribution in [3.63, 3.8) is 0 Å². The predicted molar refractivity (Wildman–Crippen MR) is 75.0 cm³/mol. The van der Waals surface area contributed by atoms with E-state index in [9.17, 15) is 4.39 Å². The Bertz CT molecular complexity index is 534. The van der Waals surface area contributed by atoms with Crippen LogP contribution in [0.1, 0.15) is 31.7 Å². The molecule has 0 aliphatic heterocycles. The fraction of sp³-hybridized carbons (Fsp3) is 0.400. The van der Waals surface area contributed by atoms with Crippen LogP contribution in [0.3, 0.4) is 0 Å². The van der Waals surface area contributed by atoms with E-state index < -0.39 is 0 Å². The Balaban J connectivity index is 2.13. The van der Waals surface area contributed by atoms with E-state index in [1.165, 1.54) is 18.9 Å². The summed E-state index contributed by atoms with van der Waals surface area (Å²) in [5, 5.41) is 4.27. The van der Waals surface area contributed by atoms with Gasteiger partial charge in [0, 0.05) is 30.4 Å². The Labute approximate surface area is 113 Å². The first-order valence-corrected chi connectivity index (χ1v) is 6.76. The predicted octanol–water partition coefficient (Wildman–Crippen LogP) is 3.34. The number of hydrogen-bond donors (Lipinski definition) is 1. The van der Waals surface area contributed by atoms with Gasteiger partial charge in [0.25, 0.3) is 0 Å². The summed E-state index contributed by atoms with van der Waals surface area (Å²) < 4.78 is 15.8. The summed E-state index contributed by atoms with van der Waals surface area (Å²) in [5.41, 5.74) is 7.70. The standard InChI is InChI=1S/C15H20FN3/c1-2-3-4-7-19-11-13(10-18-19)14-6-5-12(9-17)8-15(14)16/h5-6,8,10-11H,2-4,7,9,17H2,1H3. The SMILES string of the molecule is CCCCCn1cc(-c2ccc(CN)cc2F)cn1. The van der Waals surface area contributed by atoms with Gasteiger partial charge in [0.2, 0.25) is 0 Å². The summed E-state index contributed by atoms with van der Waals surface area (Å²) in [6, 6.07) is 5.11. The Morgan fingerprint density at radius 2 is 2.16 bits per heavy atom. The van der Waals surface area contributed by atoms with E-state index in [0.717, 1.165) is 24.1 Å². The molecular formula is C15H20FN3. The van der Waals surface area contributed by atoms with Gasteiger partial charge in [-0.1, -0.05) is 31.9 Å². The van der Waals surface area contributed by atoms with Crippen molar-refractivity contribution >= 4 is 0 Å². The zero-order valence-electron chi connectivity index (χ0n) is 11.3. The number of nitrogens with zero attached hydrogens (tertiary/aromatic N) is 2. The number of aryl methyl sites for hydroxylation is 1. The van der Waals surface area contributed by atoms with Gasteiger partial charge < -0.3 is 5.73 Å². The highest BCUT2D eigenvalue weighted by atomic mass is 19.1. The fourth-order valence-electron chi connectivity index (χ4n) is 2.07. The van der Waals surface area contributed by atoms with Gasteiger partial charge in [0.15, 0.2) is 0 Å². The zero-order chi connectivity index (χ0) is 13.7. The van der Waals surface area contributed by atoms with Crippen molar-refractivity contribution in [3.05, 3.63) is 42.0 Å². The lowest BCUT2D eigenvalue weighted by molar-refractivity contribution is 0.553. The van der Waals surface area contributed by atoms with E-state index in [1.54, 1.807) is 12.3 Å². The van der Waals surface area contributed by atoms with Crippen LogP contribution in [-0.2, 0) is 13.1 Å². The molecule has 0 aliphatic rings. The minimum Gasteiger partial charge on any atom is -0.326 e. The van der Waals surface area contributed by atoms with Gasteiger partial charge in [-0.3, -0.25) is 4.68 Å². The molecule has 0 bridgehead atoms. The molecule has 2 rings (SSSR count). The molecule has 0 atom stereocenters. The molecule has 2 N–H and O–H groups in total. The average molecular weight is 261 g/mol. The molecular weight excluding hydrogens is 241 g/mol. The minimum atomic E-state index is -0.240. The first-order chi connectivity index (χ1) is 9.24. The number of nitrogens with two attached hydrogens (primary N) is 1.